The molecule has 0 aliphatic carbocycles. The van der Waals surface area contributed by atoms with Crippen molar-refractivity contribution in [2.45, 2.75) is 6.54 Å². The van der Waals surface area contributed by atoms with Crippen LogP contribution in [0.1, 0.15) is 15.9 Å². The Balaban J connectivity index is 2.05. The van der Waals surface area contributed by atoms with Crippen molar-refractivity contribution in [3.05, 3.63) is 70.1 Å². The maximum Gasteiger partial charge on any atom is 0.225 e. The summed E-state index contributed by atoms with van der Waals surface area (Å²) in [5, 5.41) is 3.47. The normalized spacial score (nSPS) is 9.52. The smallest absolute Gasteiger partial charge is 0.225 e. The Kier molecular flexibility index (Phi) is 4.69. The van der Waals surface area contributed by atoms with Crippen LogP contribution < -0.4 is 4.74 Å². The molecule has 6 nitrogen and oxygen atoms in total. The van der Waals surface area contributed by atoms with Crippen molar-refractivity contribution in [3.63, 3.8) is 0 Å². The average Bonchev–Trinajstić information content (AvgIpc) is 2.54. The minimum atomic E-state index is -0.566. The van der Waals surface area contributed by atoms with Crippen LogP contribution in [0.2, 0.25) is 0 Å². The molecular formula is C15H11N3O3. The zero-order chi connectivity index (χ0) is 15.1. The Morgan fingerprint density at radius 3 is 2.19 bits per heavy atom. The minimum absolute atomic E-state index is 0.276. The van der Waals surface area contributed by atoms with E-state index >= 15 is 0 Å². The van der Waals surface area contributed by atoms with E-state index < -0.39 is 5.78 Å². The fourth-order valence-corrected chi connectivity index (χ4v) is 1.67. The maximum atomic E-state index is 11.2. The van der Waals surface area contributed by atoms with Crippen LogP contribution in [0.15, 0.2) is 53.6 Å². The highest BCUT2D eigenvalue weighted by Crippen LogP contribution is 2.22. The number of nitrogens with zero attached hydrogens (tertiary/aromatic N) is 3. The lowest BCUT2D eigenvalue weighted by Gasteiger charge is -2.06. The SMILES string of the molecule is [N-]=[N+]=NCc1ccc(Oc2ccc(C(=O)C=O)cc2)cc1. The lowest BCUT2D eigenvalue weighted by molar-refractivity contribution is -0.104. The molecule has 0 saturated heterocycles. The van der Waals surface area contributed by atoms with Crippen LogP contribution in [0.5, 0.6) is 11.5 Å². The predicted octanol–water partition coefficient (Wildman–Crippen LogP) is 3.67. The van der Waals surface area contributed by atoms with Crippen molar-refractivity contribution in [1.82, 2.24) is 0 Å². The van der Waals surface area contributed by atoms with Crippen molar-refractivity contribution in [1.29, 1.82) is 0 Å². The number of azide groups is 1. The molecular weight excluding hydrogens is 270 g/mol. The Labute approximate surface area is 120 Å². The zero-order valence-corrected chi connectivity index (χ0v) is 11.0. The summed E-state index contributed by atoms with van der Waals surface area (Å²) in [6, 6.07) is 13.4. The molecule has 0 N–H and O–H groups in total. The third-order valence-corrected chi connectivity index (χ3v) is 2.72. The van der Waals surface area contributed by atoms with E-state index in [9.17, 15) is 9.59 Å². The zero-order valence-electron chi connectivity index (χ0n) is 11.0. The lowest BCUT2D eigenvalue weighted by Crippen LogP contribution is -1.98. The van der Waals surface area contributed by atoms with Gasteiger partial charge in [0.2, 0.25) is 5.78 Å². The van der Waals surface area contributed by atoms with Crippen molar-refractivity contribution in [3.8, 4) is 11.5 Å². The number of carbonyl (C=O) groups excluding carboxylic acids is 2. The van der Waals surface area contributed by atoms with E-state index in [1.54, 1.807) is 36.4 Å². The van der Waals surface area contributed by atoms with Crippen molar-refractivity contribution < 1.29 is 14.3 Å². The number of benzene rings is 2. The third kappa shape index (κ3) is 3.92. The first kappa shape index (κ1) is 14.3. The Bertz CT molecular complexity index is 687. The number of hydrogen-bond donors (Lipinski definition) is 0. The molecule has 0 aliphatic heterocycles. The molecule has 0 fully saturated rings. The molecule has 0 atom stereocenters. The van der Waals surface area contributed by atoms with Gasteiger partial charge in [-0.25, -0.2) is 0 Å². The number of hydrogen-bond acceptors (Lipinski definition) is 4. The fourth-order valence-electron chi connectivity index (χ4n) is 1.67. The van der Waals surface area contributed by atoms with Crippen LogP contribution in [0.4, 0.5) is 0 Å². The molecule has 2 aromatic carbocycles. The molecule has 0 amide bonds. The lowest BCUT2D eigenvalue weighted by atomic mass is 10.1. The van der Waals surface area contributed by atoms with Crippen LogP contribution in [-0.2, 0) is 11.3 Å². The topological polar surface area (TPSA) is 92.1 Å². The molecule has 0 bridgehead atoms. The highest BCUT2D eigenvalue weighted by Gasteiger charge is 2.04. The van der Waals surface area contributed by atoms with E-state index in [1.807, 2.05) is 0 Å². The molecule has 2 rings (SSSR count). The Morgan fingerprint density at radius 1 is 1.10 bits per heavy atom. The van der Waals surface area contributed by atoms with Gasteiger partial charge >= 0.3 is 0 Å². The number of carbonyl (C=O) groups is 2. The summed E-state index contributed by atoms with van der Waals surface area (Å²) in [7, 11) is 0. The van der Waals surface area contributed by atoms with Crippen LogP contribution in [-0.4, -0.2) is 12.1 Å². The summed E-state index contributed by atoms with van der Waals surface area (Å²) >= 11 is 0. The molecule has 104 valence electrons. The van der Waals surface area contributed by atoms with Crippen molar-refractivity contribution in [2.75, 3.05) is 0 Å². The van der Waals surface area contributed by atoms with Gasteiger partial charge in [0.1, 0.15) is 11.5 Å². The summed E-state index contributed by atoms with van der Waals surface area (Å²) in [6.07, 6.45) is 0.276. The molecule has 0 aliphatic rings. The second-order valence-electron chi connectivity index (χ2n) is 4.14. The summed E-state index contributed by atoms with van der Waals surface area (Å²) in [4.78, 5) is 24.2. The van der Waals surface area contributed by atoms with Gasteiger partial charge in [-0.1, -0.05) is 17.2 Å². The Morgan fingerprint density at radius 2 is 1.67 bits per heavy atom. The van der Waals surface area contributed by atoms with Crippen molar-refractivity contribution in [2.24, 2.45) is 5.11 Å². The second kappa shape index (κ2) is 6.88. The van der Waals surface area contributed by atoms with E-state index in [1.165, 1.54) is 12.1 Å². The average molecular weight is 281 g/mol. The third-order valence-electron chi connectivity index (χ3n) is 2.72. The van der Waals surface area contributed by atoms with E-state index in [4.69, 9.17) is 10.3 Å². The molecule has 0 unspecified atom stereocenters. The van der Waals surface area contributed by atoms with Gasteiger partial charge in [-0.05, 0) is 47.5 Å². The van der Waals surface area contributed by atoms with Gasteiger partial charge in [-0.3, -0.25) is 9.59 Å². The number of rotatable bonds is 6. The quantitative estimate of drug-likeness (QED) is 0.202. The molecule has 0 saturated carbocycles. The minimum Gasteiger partial charge on any atom is -0.457 e. The van der Waals surface area contributed by atoms with Gasteiger partial charge < -0.3 is 4.74 Å². The van der Waals surface area contributed by atoms with E-state index in [0.29, 0.717) is 23.6 Å². The first-order chi connectivity index (χ1) is 10.2. The maximum absolute atomic E-state index is 11.2. The molecule has 2 aromatic rings. The van der Waals surface area contributed by atoms with Gasteiger partial charge in [0.05, 0.1) is 6.54 Å². The molecule has 6 heteroatoms. The number of aldehydes is 1. The summed E-state index contributed by atoms with van der Waals surface area (Å²) < 4.78 is 5.60. The van der Waals surface area contributed by atoms with Gasteiger partial charge in [0, 0.05) is 10.5 Å². The first-order valence-electron chi connectivity index (χ1n) is 6.10. The first-order valence-corrected chi connectivity index (χ1v) is 6.10. The second-order valence-corrected chi connectivity index (χ2v) is 4.14. The molecule has 0 spiro atoms. The summed E-state index contributed by atoms with van der Waals surface area (Å²) in [6.45, 7) is 0.291. The largest absolute Gasteiger partial charge is 0.457 e. The molecule has 0 heterocycles. The van der Waals surface area contributed by atoms with Gasteiger partial charge in [0.15, 0.2) is 6.29 Å². The fraction of sp³-hybridized carbons (Fsp3) is 0.0667. The van der Waals surface area contributed by atoms with Gasteiger partial charge in [0.25, 0.3) is 0 Å². The standard InChI is InChI=1S/C15H11N3O3/c16-18-17-9-11-1-5-13(6-2-11)21-14-7-3-12(4-8-14)15(20)10-19/h1-8,10H,9H2. The Hall–Kier alpha value is -3.11. The highest BCUT2D eigenvalue weighted by atomic mass is 16.5. The summed E-state index contributed by atoms with van der Waals surface area (Å²) in [5.74, 6) is 0.610. The van der Waals surface area contributed by atoms with Crippen LogP contribution >= 0.6 is 0 Å². The number of ketones is 1. The monoisotopic (exact) mass is 281 g/mol. The predicted molar refractivity (Wildman–Crippen MR) is 76.2 cm³/mol. The van der Waals surface area contributed by atoms with E-state index in [2.05, 4.69) is 10.0 Å². The van der Waals surface area contributed by atoms with E-state index in [0.717, 1.165) is 5.56 Å². The number of ether oxygens (including phenoxy) is 1. The van der Waals surface area contributed by atoms with Crippen molar-refractivity contribution >= 4 is 12.1 Å². The molecule has 21 heavy (non-hydrogen) atoms. The van der Waals surface area contributed by atoms with Gasteiger partial charge in [-0.2, -0.15) is 0 Å². The number of Topliss-reactive ketones (excluding diaryl/α,β-unsaturated/α-hetero) is 1. The van der Waals surface area contributed by atoms with Gasteiger partial charge in [-0.15, -0.1) is 0 Å². The van der Waals surface area contributed by atoms with Crippen LogP contribution in [0, 0.1) is 0 Å². The van der Waals surface area contributed by atoms with Crippen LogP contribution in [0.3, 0.4) is 0 Å². The van der Waals surface area contributed by atoms with E-state index in [-0.39, 0.29) is 6.29 Å². The van der Waals surface area contributed by atoms with Crippen LogP contribution in [0.25, 0.3) is 10.4 Å². The molecule has 0 radical (unpaired) electrons. The molecule has 0 aromatic heterocycles. The summed E-state index contributed by atoms with van der Waals surface area (Å²) in [5.41, 5.74) is 9.45. The highest BCUT2D eigenvalue weighted by molar-refractivity contribution is 6.33.